The number of hydrogen-bond donors (Lipinski definition) is 1. The van der Waals surface area contributed by atoms with Crippen molar-refractivity contribution in [2.45, 2.75) is 57.8 Å². The maximum atomic E-state index is 12.5. The lowest BCUT2D eigenvalue weighted by atomic mass is 10.5. The first-order valence-electron chi connectivity index (χ1n) is 11.3. The summed E-state index contributed by atoms with van der Waals surface area (Å²) in [6.07, 6.45) is 1.49. The molecule has 0 bridgehead atoms. The second-order valence-electron chi connectivity index (χ2n) is 6.92. The smallest absolute Gasteiger partial charge is 0.377 e. The maximum Gasteiger partial charge on any atom is 0.500 e. The molecule has 0 saturated carbocycles. The van der Waals surface area contributed by atoms with Gasteiger partial charge in [0.15, 0.2) is 0 Å². The van der Waals surface area contributed by atoms with Gasteiger partial charge in [-0.1, -0.05) is 11.8 Å². The number of carbonyl (C=O) groups excluding carboxylic acids is 1. The Hall–Kier alpha value is -0.846. The summed E-state index contributed by atoms with van der Waals surface area (Å²) in [5.41, 5.74) is 0. The molecule has 0 aliphatic heterocycles. The first-order valence-corrected chi connectivity index (χ1v) is 16.1. The number of carbonyl (C=O) groups is 1. The zero-order valence-corrected chi connectivity index (χ0v) is 23.8. The molecule has 0 fully saturated rings. The van der Waals surface area contributed by atoms with Crippen LogP contribution in [0.25, 0.3) is 0 Å². The van der Waals surface area contributed by atoms with E-state index in [4.69, 9.17) is 26.6 Å². The van der Waals surface area contributed by atoms with Crippen molar-refractivity contribution in [3.8, 4) is 0 Å². The number of nitrogens with zero attached hydrogens (tertiary/aromatic N) is 3. The van der Waals surface area contributed by atoms with Crippen molar-refractivity contribution in [1.29, 1.82) is 0 Å². The third-order valence-electron chi connectivity index (χ3n) is 4.76. The molecule has 0 atom stereocenters. The molecule has 0 radical (unpaired) electrons. The summed E-state index contributed by atoms with van der Waals surface area (Å²) in [5, 5.41) is 7.75. The molecule has 1 N–H and O–H groups in total. The van der Waals surface area contributed by atoms with E-state index in [0.29, 0.717) is 49.8 Å². The van der Waals surface area contributed by atoms with E-state index in [1.165, 1.54) is 16.4 Å². The van der Waals surface area contributed by atoms with E-state index < -0.39 is 17.6 Å². The van der Waals surface area contributed by atoms with Crippen LogP contribution in [0.15, 0.2) is 5.16 Å². The van der Waals surface area contributed by atoms with Crippen molar-refractivity contribution in [3.63, 3.8) is 0 Å². The first-order chi connectivity index (χ1) is 15.8. The van der Waals surface area contributed by atoms with E-state index >= 15 is 0 Å². The minimum atomic E-state index is -2.65. The number of amides is 1. The zero-order valence-electron chi connectivity index (χ0n) is 21.0. The summed E-state index contributed by atoms with van der Waals surface area (Å²) in [7, 11) is -0.567. The monoisotopic (exact) mass is 524 g/mol. The van der Waals surface area contributed by atoms with Crippen LogP contribution in [0.2, 0.25) is 12.1 Å². The molecule has 33 heavy (non-hydrogen) atoms. The van der Waals surface area contributed by atoms with E-state index in [-0.39, 0.29) is 6.03 Å². The molecule has 0 aliphatic carbocycles. The lowest BCUT2D eigenvalue weighted by Gasteiger charge is -2.28. The highest BCUT2D eigenvalue weighted by Crippen LogP contribution is 2.22. The molecule has 1 heterocycles. The van der Waals surface area contributed by atoms with E-state index in [1.807, 2.05) is 20.8 Å². The summed E-state index contributed by atoms with van der Waals surface area (Å²) in [6.45, 7) is 9.73. The molecule has 1 aromatic heterocycles. The minimum Gasteiger partial charge on any atom is -0.377 e. The van der Waals surface area contributed by atoms with Gasteiger partial charge in [-0.25, -0.2) is 9.78 Å². The standard InChI is InChI=1S/C19H40N4O7SSi2/c1-8-28-33(29-9-2,30-10-3)16-12-14-31-18-21-17(4)23(22-18)19(24)20-13-11-15-32(25-5,26-6)27-7/h8-16H2,1-7H3,(H,20,24). The van der Waals surface area contributed by atoms with Gasteiger partial charge >= 0.3 is 23.6 Å². The van der Waals surface area contributed by atoms with Crippen LogP contribution in [0.1, 0.15) is 39.4 Å². The highest BCUT2D eigenvalue weighted by molar-refractivity contribution is 7.99. The van der Waals surface area contributed by atoms with Gasteiger partial charge in [0.05, 0.1) is 0 Å². The topological polar surface area (TPSA) is 115 Å². The predicted octanol–water partition coefficient (Wildman–Crippen LogP) is 2.94. The van der Waals surface area contributed by atoms with Crippen LogP contribution in [-0.4, -0.2) is 91.9 Å². The van der Waals surface area contributed by atoms with Crippen molar-refractivity contribution in [2.24, 2.45) is 0 Å². The fourth-order valence-corrected chi connectivity index (χ4v) is 8.60. The maximum absolute atomic E-state index is 12.5. The fourth-order valence-electron chi connectivity index (χ4n) is 3.20. The van der Waals surface area contributed by atoms with Gasteiger partial charge in [0, 0.05) is 65.5 Å². The van der Waals surface area contributed by atoms with Gasteiger partial charge in [0.25, 0.3) is 0 Å². The minimum absolute atomic E-state index is 0.318. The number of thioether (sulfide) groups is 1. The number of aromatic nitrogens is 3. The fraction of sp³-hybridized carbons (Fsp3) is 0.842. The normalized spacial score (nSPS) is 12.3. The summed E-state index contributed by atoms with van der Waals surface area (Å²) in [6, 6.07) is 1.01. The van der Waals surface area contributed by atoms with Gasteiger partial charge in [-0.15, -0.1) is 5.10 Å². The van der Waals surface area contributed by atoms with Crippen molar-refractivity contribution in [3.05, 3.63) is 5.82 Å². The second kappa shape index (κ2) is 15.9. The Bertz CT molecular complexity index is 670. The lowest BCUT2D eigenvalue weighted by molar-refractivity contribution is 0.0712. The molecule has 192 valence electrons. The second-order valence-corrected chi connectivity index (χ2v) is 13.8. The van der Waals surface area contributed by atoms with E-state index in [0.717, 1.165) is 18.2 Å². The SMILES string of the molecule is CCO[Si](CCCSc1nc(C)n(C(=O)NCCC[Si](OC)(OC)OC)n1)(OCC)OCC. The molecule has 1 aromatic rings. The third kappa shape index (κ3) is 9.73. The molecule has 1 rings (SSSR count). The van der Waals surface area contributed by atoms with Gasteiger partial charge in [0.2, 0.25) is 5.16 Å². The van der Waals surface area contributed by atoms with Gasteiger partial charge in [-0.2, -0.15) is 4.68 Å². The van der Waals surface area contributed by atoms with Crippen LogP contribution in [0.3, 0.4) is 0 Å². The highest BCUT2D eigenvalue weighted by atomic mass is 32.2. The summed E-state index contributed by atoms with van der Waals surface area (Å²) in [5.74, 6) is 1.30. The van der Waals surface area contributed by atoms with Gasteiger partial charge in [0.1, 0.15) is 5.82 Å². The van der Waals surface area contributed by atoms with Crippen molar-refractivity contribution >= 4 is 35.4 Å². The molecule has 14 heteroatoms. The van der Waals surface area contributed by atoms with Gasteiger partial charge < -0.3 is 31.9 Å². The molecular weight excluding hydrogens is 484 g/mol. The zero-order chi connectivity index (χ0) is 24.7. The summed E-state index contributed by atoms with van der Waals surface area (Å²) < 4.78 is 35.1. The van der Waals surface area contributed by atoms with Gasteiger partial charge in [-0.05, 0) is 40.5 Å². The molecule has 11 nitrogen and oxygen atoms in total. The third-order valence-corrected chi connectivity index (χ3v) is 11.7. The summed E-state index contributed by atoms with van der Waals surface area (Å²) in [4.78, 5) is 16.9. The molecule has 0 saturated heterocycles. The molecule has 0 unspecified atom stereocenters. The summed E-state index contributed by atoms with van der Waals surface area (Å²) >= 11 is 1.50. The van der Waals surface area contributed by atoms with Crippen molar-refractivity contribution in [1.82, 2.24) is 20.1 Å². The van der Waals surface area contributed by atoms with E-state index in [1.54, 1.807) is 28.3 Å². The van der Waals surface area contributed by atoms with Crippen molar-refractivity contribution < 1.29 is 31.4 Å². The van der Waals surface area contributed by atoms with Crippen molar-refractivity contribution in [2.75, 3.05) is 53.4 Å². The van der Waals surface area contributed by atoms with Gasteiger partial charge in [-0.3, -0.25) is 0 Å². The van der Waals surface area contributed by atoms with Crippen LogP contribution < -0.4 is 5.32 Å². The van der Waals surface area contributed by atoms with Crippen LogP contribution in [0, 0.1) is 6.92 Å². The van der Waals surface area contributed by atoms with E-state index in [2.05, 4.69) is 15.4 Å². The Morgan fingerprint density at radius 3 is 2.00 bits per heavy atom. The number of rotatable bonds is 18. The molecule has 0 aromatic carbocycles. The van der Waals surface area contributed by atoms with Crippen LogP contribution in [0.5, 0.6) is 0 Å². The lowest BCUT2D eigenvalue weighted by Crippen LogP contribution is -2.46. The molecule has 0 spiro atoms. The molecular formula is C19H40N4O7SSi2. The van der Waals surface area contributed by atoms with Crippen LogP contribution in [0.4, 0.5) is 4.79 Å². The molecule has 0 aliphatic rings. The Labute approximate surface area is 203 Å². The Morgan fingerprint density at radius 2 is 1.48 bits per heavy atom. The molecule has 1 amide bonds. The average molecular weight is 525 g/mol. The number of aryl methyl sites for hydroxylation is 1. The highest BCUT2D eigenvalue weighted by Gasteiger charge is 2.39. The number of nitrogens with one attached hydrogen (secondary N) is 1. The number of hydrogen-bond acceptors (Lipinski definition) is 10. The largest absolute Gasteiger partial charge is 0.500 e. The van der Waals surface area contributed by atoms with E-state index in [9.17, 15) is 4.79 Å². The predicted molar refractivity (Wildman–Crippen MR) is 131 cm³/mol. The Morgan fingerprint density at radius 1 is 0.939 bits per heavy atom. The van der Waals surface area contributed by atoms with Crippen LogP contribution >= 0.6 is 11.8 Å². The average Bonchev–Trinajstić information content (AvgIpc) is 3.18. The van der Waals surface area contributed by atoms with Crippen LogP contribution in [-0.2, 0) is 26.6 Å². The first kappa shape index (κ1) is 30.2. The Kier molecular flexibility index (Phi) is 14.6. The quantitative estimate of drug-likeness (QED) is 0.175. The Balaban J connectivity index is 2.52.